The second kappa shape index (κ2) is 6.07. The molecule has 2 aromatic heterocycles. The smallest absolute Gasteiger partial charge is 0.330 e. The topological polar surface area (TPSA) is 74.0 Å². The fourth-order valence-electron chi connectivity index (χ4n) is 3.01. The van der Waals surface area contributed by atoms with E-state index >= 15 is 0 Å². The predicted octanol–water partition coefficient (Wildman–Crippen LogP) is 3.01. The van der Waals surface area contributed by atoms with Crippen LogP contribution in [0.4, 0.5) is 11.6 Å². The number of rotatable bonds is 0. The number of nitrogens with zero attached hydrogens (tertiary/aromatic N) is 4. The lowest BCUT2D eigenvalue weighted by Crippen LogP contribution is -2.22. The summed E-state index contributed by atoms with van der Waals surface area (Å²) in [5.41, 5.74) is 3.05. The number of fused-ring (bicyclic) bond motifs is 3. The summed E-state index contributed by atoms with van der Waals surface area (Å²) in [4.78, 5) is 21.4. The molecule has 7 nitrogen and oxygen atoms in total. The van der Waals surface area contributed by atoms with Crippen LogP contribution in [0.25, 0.3) is 11.2 Å². The van der Waals surface area contributed by atoms with Crippen molar-refractivity contribution < 1.29 is 4.74 Å². The summed E-state index contributed by atoms with van der Waals surface area (Å²) >= 11 is 6.27. The van der Waals surface area contributed by atoms with E-state index in [2.05, 4.69) is 15.3 Å². The Hall–Kier alpha value is -2.54. The Morgan fingerprint density at radius 1 is 1.32 bits per heavy atom. The number of anilines is 2. The average Bonchev–Trinajstić information content (AvgIpc) is 2.82. The van der Waals surface area contributed by atoms with Gasteiger partial charge in [-0.3, -0.25) is 9.13 Å². The van der Waals surface area contributed by atoms with E-state index in [9.17, 15) is 4.79 Å². The highest BCUT2D eigenvalue weighted by molar-refractivity contribution is 6.32. The summed E-state index contributed by atoms with van der Waals surface area (Å²) in [6.45, 7) is 3.07. The molecule has 0 atom stereocenters. The first kappa shape index (κ1) is 16.0. The Kier molecular flexibility index (Phi) is 3.88. The number of aromatic nitrogens is 4. The van der Waals surface area contributed by atoms with Gasteiger partial charge in [-0.15, -0.1) is 0 Å². The maximum Gasteiger partial charge on any atom is 0.330 e. The van der Waals surface area contributed by atoms with Gasteiger partial charge in [-0.25, -0.2) is 9.78 Å². The lowest BCUT2D eigenvalue weighted by atomic mass is 10.2. The minimum absolute atomic E-state index is 0.0861. The molecule has 0 fully saturated rings. The van der Waals surface area contributed by atoms with Crippen LogP contribution in [0.2, 0.25) is 5.02 Å². The van der Waals surface area contributed by atoms with Gasteiger partial charge in [0.2, 0.25) is 5.95 Å². The fraction of sp³-hybridized carbons (Fsp3) is 0.353. The molecule has 0 radical (unpaired) electrons. The first-order valence-electron chi connectivity index (χ1n) is 8.17. The number of imidazole rings is 1. The molecule has 0 aliphatic carbocycles. The van der Waals surface area contributed by atoms with Gasteiger partial charge in [-0.1, -0.05) is 11.6 Å². The lowest BCUT2D eigenvalue weighted by molar-refractivity contribution is 0.303. The SMILES string of the molecule is Cc1cc(Cl)c2cc1Nc1ncc3c(n1)n(c(=O)n3C)CCCCO2. The number of aryl methyl sites for hydroxylation is 3. The van der Waals surface area contributed by atoms with Crippen molar-refractivity contribution in [2.75, 3.05) is 11.9 Å². The first-order chi connectivity index (χ1) is 12.0. The summed E-state index contributed by atoms with van der Waals surface area (Å²) in [5, 5.41) is 3.78. The van der Waals surface area contributed by atoms with Gasteiger partial charge >= 0.3 is 5.69 Å². The lowest BCUT2D eigenvalue weighted by Gasteiger charge is -2.13. The van der Waals surface area contributed by atoms with Crippen LogP contribution in [0.1, 0.15) is 18.4 Å². The second-order valence-corrected chi connectivity index (χ2v) is 6.58. The summed E-state index contributed by atoms with van der Waals surface area (Å²) in [6, 6.07) is 3.72. The molecule has 0 saturated carbocycles. The highest BCUT2D eigenvalue weighted by atomic mass is 35.5. The van der Waals surface area contributed by atoms with Crippen LogP contribution < -0.4 is 15.7 Å². The van der Waals surface area contributed by atoms with E-state index in [1.165, 1.54) is 0 Å². The Morgan fingerprint density at radius 3 is 3.00 bits per heavy atom. The van der Waals surface area contributed by atoms with Gasteiger partial charge in [-0.05, 0) is 31.4 Å². The van der Waals surface area contributed by atoms with Crippen molar-refractivity contribution in [1.82, 2.24) is 19.1 Å². The first-order valence-corrected chi connectivity index (χ1v) is 8.54. The summed E-state index contributed by atoms with van der Waals surface area (Å²) < 4.78 is 9.07. The van der Waals surface area contributed by atoms with Crippen LogP contribution in [-0.4, -0.2) is 25.7 Å². The number of ether oxygens (including phenoxy) is 1. The van der Waals surface area contributed by atoms with Gasteiger partial charge in [0, 0.05) is 25.3 Å². The zero-order chi connectivity index (χ0) is 17.6. The molecule has 1 aliphatic rings. The maximum atomic E-state index is 12.5. The maximum absolute atomic E-state index is 12.5. The van der Waals surface area contributed by atoms with Gasteiger partial charge in [0.05, 0.1) is 17.8 Å². The Morgan fingerprint density at radius 2 is 2.16 bits per heavy atom. The van der Waals surface area contributed by atoms with Crippen LogP contribution in [0, 0.1) is 6.92 Å². The molecule has 1 aromatic carbocycles. The minimum atomic E-state index is -0.0861. The van der Waals surface area contributed by atoms with Gasteiger partial charge in [0.15, 0.2) is 5.65 Å². The molecule has 4 bridgehead atoms. The standard InChI is InChI=1S/C17H18ClN5O2/c1-10-7-11(18)14-8-12(10)20-16-19-9-13-15(21-16)23(17(24)22(13)2)5-3-4-6-25-14/h7-9H,3-6H2,1-2H3,(H,19,20,21). The van der Waals surface area contributed by atoms with Crippen LogP contribution in [0.15, 0.2) is 23.1 Å². The molecule has 25 heavy (non-hydrogen) atoms. The molecule has 8 heteroatoms. The van der Waals surface area contributed by atoms with Gasteiger partial charge in [-0.2, -0.15) is 4.98 Å². The molecule has 3 heterocycles. The van der Waals surface area contributed by atoms with E-state index in [0.717, 1.165) is 29.6 Å². The Bertz CT molecular complexity index is 1020. The number of benzene rings is 1. The highest BCUT2D eigenvalue weighted by Crippen LogP contribution is 2.32. The number of hydrogen-bond acceptors (Lipinski definition) is 5. The van der Waals surface area contributed by atoms with Crippen LogP contribution in [0.3, 0.4) is 0 Å². The van der Waals surface area contributed by atoms with Gasteiger partial charge in [0.25, 0.3) is 0 Å². The van der Waals surface area contributed by atoms with E-state index in [4.69, 9.17) is 16.3 Å². The monoisotopic (exact) mass is 359 g/mol. The highest BCUT2D eigenvalue weighted by Gasteiger charge is 2.15. The summed E-state index contributed by atoms with van der Waals surface area (Å²) in [6.07, 6.45) is 3.29. The third-order valence-corrected chi connectivity index (χ3v) is 4.74. The van der Waals surface area contributed by atoms with Crippen LogP contribution >= 0.6 is 11.6 Å². The third-order valence-electron chi connectivity index (χ3n) is 4.44. The van der Waals surface area contributed by atoms with Crippen LogP contribution in [-0.2, 0) is 13.6 Å². The Labute approximate surface area is 149 Å². The van der Waals surface area contributed by atoms with Gasteiger partial charge < -0.3 is 10.1 Å². The number of hydrogen-bond donors (Lipinski definition) is 1. The second-order valence-electron chi connectivity index (χ2n) is 6.17. The third kappa shape index (κ3) is 2.74. The van der Waals surface area contributed by atoms with Crippen molar-refractivity contribution in [3.05, 3.63) is 39.4 Å². The molecule has 1 aliphatic heterocycles. The molecular weight excluding hydrogens is 342 g/mol. The van der Waals surface area contributed by atoms with Crippen molar-refractivity contribution in [3.8, 4) is 5.75 Å². The predicted molar refractivity (Wildman–Crippen MR) is 97.0 cm³/mol. The minimum Gasteiger partial charge on any atom is -0.492 e. The summed E-state index contributed by atoms with van der Waals surface area (Å²) in [5.74, 6) is 1.06. The molecule has 1 N–H and O–H groups in total. The molecule has 0 amide bonds. The molecule has 3 aromatic rings. The summed E-state index contributed by atoms with van der Waals surface area (Å²) in [7, 11) is 1.74. The van der Waals surface area contributed by atoms with E-state index in [1.54, 1.807) is 22.4 Å². The van der Waals surface area contributed by atoms with Crippen molar-refractivity contribution in [2.45, 2.75) is 26.3 Å². The zero-order valence-electron chi connectivity index (χ0n) is 14.0. The van der Waals surface area contributed by atoms with Crippen molar-refractivity contribution in [2.24, 2.45) is 7.05 Å². The van der Waals surface area contributed by atoms with Crippen molar-refractivity contribution in [1.29, 1.82) is 0 Å². The fourth-order valence-corrected chi connectivity index (χ4v) is 3.28. The van der Waals surface area contributed by atoms with Crippen molar-refractivity contribution >= 4 is 34.4 Å². The van der Waals surface area contributed by atoms with Crippen molar-refractivity contribution in [3.63, 3.8) is 0 Å². The zero-order valence-corrected chi connectivity index (χ0v) is 14.8. The quantitative estimate of drug-likeness (QED) is 0.668. The molecular formula is C17H18ClN5O2. The molecule has 130 valence electrons. The van der Waals surface area contributed by atoms with E-state index in [-0.39, 0.29) is 5.69 Å². The molecule has 4 rings (SSSR count). The van der Waals surface area contributed by atoms with Crippen LogP contribution in [0.5, 0.6) is 5.75 Å². The average molecular weight is 360 g/mol. The normalized spacial score (nSPS) is 14.4. The molecule has 0 spiro atoms. The number of halogens is 1. The number of nitrogens with one attached hydrogen (secondary N) is 1. The van der Waals surface area contributed by atoms with Gasteiger partial charge in [0.1, 0.15) is 11.3 Å². The largest absolute Gasteiger partial charge is 0.492 e. The van der Waals surface area contributed by atoms with E-state index < -0.39 is 0 Å². The van der Waals surface area contributed by atoms with E-state index in [0.29, 0.717) is 35.5 Å². The molecule has 0 unspecified atom stereocenters. The molecule has 0 saturated heterocycles. The Balaban J connectivity index is 1.88. The van der Waals surface area contributed by atoms with E-state index in [1.807, 2.05) is 19.1 Å².